The smallest absolute Gasteiger partial charge is 0.0788 e. The molecule has 1 N–H and O–H groups in total. The molecule has 0 bridgehead atoms. The van der Waals surface area contributed by atoms with Gasteiger partial charge in [0.05, 0.1) is 31.0 Å². The predicted octanol–water partition coefficient (Wildman–Crippen LogP) is 2.76. The lowest BCUT2D eigenvalue weighted by atomic mass is 9.74. The van der Waals surface area contributed by atoms with Gasteiger partial charge in [0.25, 0.3) is 0 Å². The average Bonchev–Trinajstić information content (AvgIpc) is 2.22. The van der Waals surface area contributed by atoms with Gasteiger partial charge >= 0.3 is 0 Å². The molecule has 0 amide bonds. The van der Waals surface area contributed by atoms with Gasteiger partial charge in [-0.1, -0.05) is 13.8 Å². The van der Waals surface area contributed by atoms with E-state index < -0.39 is 0 Å². The van der Waals surface area contributed by atoms with Gasteiger partial charge in [-0.3, -0.25) is 0 Å². The molecule has 0 heterocycles. The summed E-state index contributed by atoms with van der Waals surface area (Å²) in [7, 11) is 0. The second-order valence-corrected chi connectivity index (χ2v) is 5.89. The van der Waals surface area contributed by atoms with Crippen LogP contribution in [-0.2, 0) is 9.47 Å². The van der Waals surface area contributed by atoms with E-state index in [2.05, 4.69) is 20.8 Å². The van der Waals surface area contributed by atoms with E-state index in [1.807, 2.05) is 6.92 Å². The molecule has 0 aromatic rings. The summed E-state index contributed by atoms with van der Waals surface area (Å²) in [4.78, 5) is 0. The molecule has 2 unspecified atom stereocenters. The number of aliphatic hydroxyl groups excluding tert-OH is 1. The Morgan fingerprint density at radius 3 is 2.18 bits per heavy atom. The summed E-state index contributed by atoms with van der Waals surface area (Å²) in [6.45, 7) is 9.08. The standard InChI is InChI=1S/C14H28O3/c1-11(2)8-14(6-5-7-14)17-13(4)10-16-12(3)9-15/h11-13,15H,5-10H2,1-4H3. The third kappa shape index (κ3) is 4.94. The Morgan fingerprint density at radius 1 is 1.12 bits per heavy atom. The van der Waals surface area contributed by atoms with Crippen LogP contribution < -0.4 is 0 Å². The lowest BCUT2D eigenvalue weighted by Gasteiger charge is -2.44. The van der Waals surface area contributed by atoms with Crippen molar-refractivity contribution in [2.45, 2.75) is 71.2 Å². The normalized spacial score (nSPS) is 22.2. The van der Waals surface area contributed by atoms with Crippen LogP contribution >= 0.6 is 0 Å². The minimum absolute atomic E-state index is 0.0733. The van der Waals surface area contributed by atoms with Crippen LogP contribution in [0.4, 0.5) is 0 Å². The number of ether oxygens (including phenoxy) is 2. The molecule has 0 aromatic heterocycles. The maximum absolute atomic E-state index is 8.89. The lowest BCUT2D eigenvalue weighted by Crippen LogP contribution is -2.44. The zero-order valence-electron chi connectivity index (χ0n) is 11.7. The highest BCUT2D eigenvalue weighted by atomic mass is 16.6. The van der Waals surface area contributed by atoms with Crippen LogP contribution in [0.3, 0.4) is 0 Å². The fourth-order valence-corrected chi connectivity index (χ4v) is 2.50. The van der Waals surface area contributed by atoms with Crippen LogP contribution in [0.1, 0.15) is 53.4 Å². The largest absolute Gasteiger partial charge is 0.394 e. The SMILES string of the molecule is CC(C)CC1(OC(C)COC(C)CO)CCC1. The Morgan fingerprint density at radius 2 is 1.76 bits per heavy atom. The van der Waals surface area contributed by atoms with Crippen molar-refractivity contribution in [3.8, 4) is 0 Å². The highest BCUT2D eigenvalue weighted by Gasteiger charge is 2.39. The van der Waals surface area contributed by atoms with Crippen molar-refractivity contribution in [3.05, 3.63) is 0 Å². The maximum atomic E-state index is 8.89. The van der Waals surface area contributed by atoms with Crippen molar-refractivity contribution in [2.75, 3.05) is 13.2 Å². The second kappa shape index (κ2) is 6.72. The first-order valence-electron chi connectivity index (χ1n) is 6.88. The Hall–Kier alpha value is -0.120. The van der Waals surface area contributed by atoms with Gasteiger partial charge in [0, 0.05) is 0 Å². The molecule has 0 spiro atoms. The zero-order valence-corrected chi connectivity index (χ0v) is 11.7. The minimum Gasteiger partial charge on any atom is -0.394 e. The van der Waals surface area contributed by atoms with Gasteiger partial charge < -0.3 is 14.6 Å². The van der Waals surface area contributed by atoms with Gasteiger partial charge in [-0.25, -0.2) is 0 Å². The summed E-state index contributed by atoms with van der Waals surface area (Å²) in [6, 6.07) is 0. The van der Waals surface area contributed by atoms with Crippen LogP contribution in [0.5, 0.6) is 0 Å². The number of aliphatic hydroxyl groups is 1. The molecular formula is C14H28O3. The van der Waals surface area contributed by atoms with E-state index in [0.717, 1.165) is 6.42 Å². The molecule has 2 atom stereocenters. The molecule has 102 valence electrons. The summed E-state index contributed by atoms with van der Waals surface area (Å²) in [5, 5.41) is 8.89. The van der Waals surface area contributed by atoms with Crippen LogP contribution in [0.2, 0.25) is 0 Å². The van der Waals surface area contributed by atoms with Crippen molar-refractivity contribution in [1.29, 1.82) is 0 Å². The van der Waals surface area contributed by atoms with E-state index in [0.29, 0.717) is 12.5 Å². The molecule has 1 rings (SSSR count). The fourth-order valence-electron chi connectivity index (χ4n) is 2.50. The van der Waals surface area contributed by atoms with E-state index in [9.17, 15) is 0 Å². The van der Waals surface area contributed by atoms with E-state index in [4.69, 9.17) is 14.6 Å². The molecule has 0 aliphatic heterocycles. The van der Waals surface area contributed by atoms with Crippen LogP contribution in [0.25, 0.3) is 0 Å². The van der Waals surface area contributed by atoms with Gasteiger partial charge in [-0.15, -0.1) is 0 Å². The maximum Gasteiger partial charge on any atom is 0.0788 e. The van der Waals surface area contributed by atoms with Crippen LogP contribution in [-0.4, -0.2) is 36.1 Å². The number of rotatable bonds is 8. The highest BCUT2D eigenvalue weighted by molar-refractivity contribution is 4.91. The first-order valence-corrected chi connectivity index (χ1v) is 6.88. The van der Waals surface area contributed by atoms with E-state index in [1.165, 1.54) is 19.3 Å². The molecule has 0 aromatic carbocycles. The lowest BCUT2D eigenvalue weighted by molar-refractivity contribution is -0.164. The van der Waals surface area contributed by atoms with Gasteiger partial charge in [-0.05, 0) is 45.4 Å². The third-order valence-electron chi connectivity index (χ3n) is 3.37. The molecule has 1 aliphatic carbocycles. The van der Waals surface area contributed by atoms with Crippen molar-refractivity contribution in [1.82, 2.24) is 0 Å². The predicted molar refractivity (Wildman–Crippen MR) is 69.1 cm³/mol. The summed E-state index contributed by atoms with van der Waals surface area (Å²) in [5.74, 6) is 0.680. The molecular weight excluding hydrogens is 216 g/mol. The molecule has 17 heavy (non-hydrogen) atoms. The van der Waals surface area contributed by atoms with Gasteiger partial charge in [0.2, 0.25) is 0 Å². The third-order valence-corrected chi connectivity index (χ3v) is 3.37. The fraction of sp³-hybridized carbons (Fsp3) is 1.00. The molecule has 1 saturated carbocycles. The molecule has 3 nitrogen and oxygen atoms in total. The number of hydrogen-bond acceptors (Lipinski definition) is 3. The van der Waals surface area contributed by atoms with Crippen LogP contribution in [0, 0.1) is 5.92 Å². The minimum atomic E-state index is -0.0940. The van der Waals surface area contributed by atoms with E-state index >= 15 is 0 Å². The molecule has 1 aliphatic rings. The first-order chi connectivity index (χ1) is 7.97. The monoisotopic (exact) mass is 244 g/mol. The summed E-state index contributed by atoms with van der Waals surface area (Å²) in [6.07, 6.45) is 4.82. The molecule has 0 saturated heterocycles. The van der Waals surface area contributed by atoms with Crippen molar-refractivity contribution >= 4 is 0 Å². The molecule has 3 heteroatoms. The Bertz CT molecular complexity index is 212. The Kier molecular flexibility index (Phi) is 5.90. The van der Waals surface area contributed by atoms with Gasteiger partial charge in [0.1, 0.15) is 0 Å². The van der Waals surface area contributed by atoms with E-state index in [1.54, 1.807) is 0 Å². The quantitative estimate of drug-likeness (QED) is 0.713. The molecule has 0 radical (unpaired) electrons. The van der Waals surface area contributed by atoms with Crippen molar-refractivity contribution in [2.24, 2.45) is 5.92 Å². The van der Waals surface area contributed by atoms with Crippen LogP contribution in [0.15, 0.2) is 0 Å². The highest BCUT2D eigenvalue weighted by Crippen LogP contribution is 2.41. The summed E-state index contributed by atoms with van der Waals surface area (Å²) >= 11 is 0. The Labute approximate surface area is 105 Å². The average molecular weight is 244 g/mol. The van der Waals surface area contributed by atoms with Gasteiger partial charge in [0.15, 0.2) is 0 Å². The van der Waals surface area contributed by atoms with Gasteiger partial charge in [-0.2, -0.15) is 0 Å². The Balaban J connectivity index is 2.30. The molecule has 1 fully saturated rings. The zero-order chi connectivity index (χ0) is 12.9. The van der Waals surface area contributed by atoms with Crippen molar-refractivity contribution in [3.63, 3.8) is 0 Å². The topological polar surface area (TPSA) is 38.7 Å². The van der Waals surface area contributed by atoms with Crippen molar-refractivity contribution < 1.29 is 14.6 Å². The summed E-state index contributed by atoms with van der Waals surface area (Å²) < 4.78 is 11.7. The van der Waals surface area contributed by atoms with E-state index in [-0.39, 0.29) is 24.4 Å². The number of hydrogen-bond donors (Lipinski definition) is 1. The summed E-state index contributed by atoms with van der Waals surface area (Å²) in [5.41, 5.74) is 0.111. The first kappa shape index (κ1) is 14.9. The second-order valence-electron chi connectivity index (χ2n) is 5.89.